The van der Waals surface area contributed by atoms with Gasteiger partial charge < -0.3 is 5.11 Å². The van der Waals surface area contributed by atoms with Crippen molar-refractivity contribution < 1.29 is 9.90 Å². The van der Waals surface area contributed by atoms with E-state index in [0.717, 1.165) is 6.42 Å². The van der Waals surface area contributed by atoms with Gasteiger partial charge in [0.1, 0.15) is 0 Å². The van der Waals surface area contributed by atoms with E-state index in [0.29, 0.717) is 16.9 Å². The fourth-order valence-corrected chi connectivity index (χ4v) is 5.54. The van der Waals surface area contributed by atoms with E-state index in [2.05, 4.69) is 25.8 Å². The monoisotopic (exact) mass is 276 g/mol. The number of hydrogen-bond donors (Lipinski definition) is 2. The first-order valence-electron chi connectivity index (χ1n) is 4.97. The van der Waals surface area contributed by atoms with Gasteiger partial charge in [-0.2, -0.15) is 12.6 Å². The van der Waals surface area contributed by atoms with E-state index in [1.165, 1.54) is 11.8 Å². The van der Waals surface area contributed by atoms with Crippen molar-refractivity contribution >= 4 is 42.1 Å². The predicted octanol–water partition coefficient (Wildman–Crippen LogP) is 2.92. The number of aliphatic carboxylic acids is 1. The summed E-state index contributed by atoms with van der Waals surface area (Å²) < 4.78 is -0.165. The summed E-state index contributed by atoms with van der Waals surface area (Å²) >= 11 is 7.61. The number of carbonyl (C=O) groups is 1. The first-order chi connectivity index (χ1) is 7.57. The van der Waals surface area contributed by atoms with Gasteiger partial charge in [-0.05, 0) is 6.42 Å². The zero-order valence-electron chi connectivity index (χ0n) is 8.96. The molecule has 90 valence electrons. The normalized spacial score (nSPS) is 33.6. The third kappa shape index (κ3) is 3.02. The van der Waals surface area contributed by atoms with Gasteiger partial charge in [0.15, 0.2) is 0 Å². The van der Waals surface area contributed by atoms with Gasteiger partial charge in [-0.15, -0.1) is 36.7 Å². The average molecular weight is 276 g/mol. The highest BCUT2D eigenvalue weighted by Crippen LogP contribution is 2.55. The van der Waals surface area contributed by atoms with Crippen LogP contribution < -0.4 is 0 Å². The molecule has 1 saturated heterocycles. The number of hydrogen-bond acceptors (Lipinski definition) is 4. The van der Waals surface area contributed by atoms with Crippen LogP contribution in [0.2, 0.25) is 0 Å². The second-order valence-corrected chi connectivity index (χ2v) is 7.07. The summed E-state index contributed by atoms with van der Waals surface area (Å²) in [6, 6.07) is 0. The van der Waals surface area contributed by atoms with Crippen LogP contribution in [0.4, 0.5) is 0 Å². The molecule has 16 heavy (non-hydrogen) atoms. The SMILES string of the molecule is C=CC1CC(C=C)[C@](CS)(SCC(=O)O)S1. The molecule has 0 aliphatic carbocycles. The Bertz CT molecular complexity index is 293. The number of carboxylic acid groups (broad SMARTS) is 1. The van der Waals surface area contributed by atoms with Crippen molar-refractivity contribution in [2.24, 2.45) is 5.92 Å². The van der Waals surface area contributed by atoms with Crippen molar-refractivity contribution in [3.63, 3.8) is 0 Å². The number of thioether (sulfide) groups is 2. The summed E-state index contributed by atoms with van der Waals surface area (Å²) in [7, 11) is 0. The minimum Gasteiger partial charge on any atom is -0.481 e. The third-order valence-corrected chi connectivity index (χ3v) is 7.04. The summed E-state index contributed by atoms with van der Waals surface area (Å²) in [6.45, 7) is 7.64. The minimum absolute atomic E-state index is 0.113. The highest BCUT2D eigenvalue weighted by atomic mass is 32.2. The molecule has 0 radical (unpaired) electrons. The molecule has 1 fully saturated rings. The van der Waals surface area contributed by atoms with Crippen molar-refractivity contribution in [1.82, 2.24) is 0 Å². The molecule has 1 aliphatic rings. The van der Waals surface area contributed by atoms with Crippen LogP contribution in [0, 0.1) is 5.92 Å². The molecule has 3 atom stereocenters. The number of rotatable bonds is 6. The molecule has 1 N–H and O–H groups in total. The molecule has 0 aromatic heterocycles. The van der Waals surface area contributed by atoms with Gasteiger partial charge in [0.05, 0.1) is 9.83 Å². The van der Waals surface area contributed by atoms with Crippen molar-refractivity contribution in [3.05, 3.63) is 25.3 Å². The van der Waals surface area contributed by atoms with E-state index in [-0.39, 0.29) is 9.83 Å². The molecule has 0 bridgehead atoms. The number of allylic oxidation sites excluding steroid dienone is 1. The van der Waals surface area contributed by atoms with Gasteiger partial charge in [-0.1, -0.05) is 12.2 Å². The van der Waals surface area contributed by atoms with Crippen LogP contribution >= 0.6 is 36.2 Å². The van der Waals surface area contributed by atoms with E-state index < -0.39 is 5.97 Å². The van der Waals surface area contributed by atoms with Crippen LogP contribution in [-0.4, -0.2) is 31.9 Å². The van der Waals surface area contributed by atoms with E-state index in [1.54, 1.807) is 11.8 Å². The smallest absolute Gasteiger partial charge is 0.313 e. The minimum atomic E-state index is -0.781. The molecular formula is C11H16O2S3. The number of thiol groups is 1. The Hall–Kier alpha value is -0.000000000000000111. The largest absolute Gasteiger partial charge is 0.481 e. The van der Waals surface area contributed by atoms with Crippen LogP contribution in [0.15, 0.2) is 25.3 Å². The topological polar surface area (TPSA) is 37.3 Å². The zero-order valence-corrected chi connectivity index (χ0v) is 11.5. The highest BCUT2D eigenvalue weighted by Gasteiger charge is 2.45. The molecule has 1 aliphatic heterocycles. The Balaban J connectivity index is 2.78. The van der Waals surface area contributed by atoms with Crippen molar-refractivity contribution in [3.8, 4) is 0 Å². The first-order valence-corrected chi connectivity index (χ1v) is 7.47. The molecule has 0 aromatic rings. The summed E-state index contributed by atoms with van der Waals surface area (Å²) in [6.07, 6.45) is 4.82. The average Bonchev–Trinajstić information content (AvgIpc) is 2.65. The molecule has 0 saturated carbocycles. The Morgan fingerprint density at radius 3 is 2.75 bits per heavy atom. The standard InChI is InChI=1S/C11H16O2S3/c1-3-8-5-9(4-2)16-11(8,7-14)15-6-10(12)13/h3-4,8-9,14H,1-2,5-7H2,(H,12,13)/t8?,9?,11-/m1/s1. The molecule has 0 aromatic carbocycles. The molecule has 2 nitrogen and oxygen atoms in total. The Kier molecular flexibility index (Phi) is 5.34. The molecule has 2 unspecified atom stereocenters. The first kappa shape index (κ1) is 14.1. The molecular weight excluding hydrogens is 260 g/mol. The maximum absolute atomic E-state index is 10.7. The zero-order chi connectivity index (χ0) is 12.2. The van der Waals surface area contributed by atoms with Crippen molar-refractivity contribution in [2.45, 2.75) is 15.7 Å². The molecule has 0 amide bonds. The summed E-state index contributed by atoms with van der Waals surface area (Å²) in [5.41, 5.74) is 0. The highest BCUT2D eigenvalue weighted by molar-refractivity contribution is 8.19. The van der Waals surface area contributed by atoms with Gasteiger partial charge in [0.2, 0.25) is 0 Å². The van der Waals surface area contributed by atoms with E-state index in [9.17, 15) is 4.79 Å². The van der Waals surface area contributed by atoms with Crippen LogP contribution in [0.5, 0.6) is 0 Å². The van der Waals surface area contributed by atoms with Crippen LogP contribution in [0.25, 0.3) is 0 Å². The van der Waals surface area contributed by atoms with Crippen LogP contribution in [0.3, 0.4) is 0 Å². The Labute approximate surface area is 110 Å². The van der Waals surface area contributed by atoms with Crippen LogP contribution in [-0.2, 0) is 4.79 Å². The lowest BCUT2D eigenvalue weighted by Gasteiger charge is -2.30. The second-order valence-electron chi connectivity index (χ2n) is 3.62. The van der Waals surface area contributed by atoms with Crippen molar-refractivity contribution in [1.29, 1.82) is 0 Å². The van der Waals surface area contributed by atoms with Gasteiger partial charge in [0, 0.05) is 16.9 Å². The van der Waals surface area contributed by atoms with Crippen LogP contribution in [0.1, 0.15) is 6.42 Å². The second kappa shape index (κ2) is 6.07. The van der Waals surface area contributed by atoms with E-state index in [4.69, 9.17) is 5.11 Å². The molecule has 1 heterocycles. The summed E-state index contributed by atoms with van der Waals surface area (Å²) in [5, 5.41) is 9.14. The summed E-state index contributed by atoms with van der Waals surface area (Å²) in [4.78, 5) is 10.7. The predicted molar refractivity (Wildman–Crippen MR) is 76.6 cm³/mol. The fourth-order valence-electron chi connectivity index (χ4n) is 1.77. The van der Waals surface area contributed by atoms with E-state index >= 15 is 0 Å². The number of carboxylic acids is 1. The lowest BCUT2D eigenvalue weighted by molar-refractivity contribution is -0.133. The van der Waals surface area contributed by atoms with Gasteiger partial charge in [-0.3, -0.25) is 4.79 Å². The summed E-state index contributed by atoms with van der Waals surface area (Å²) in [5.74, 6) is 0.275. The lowest BCUT2D eigenvalue weighted by Crippen LogP contribution is -2.28. The third-order valence-electron chi connectivity index (χ3n) is 2.61. The lowest BCUT2D eigenvalue weighted by atomic mass is 10.00. The van der Waals surface area contributed by atoms with Gasteiger partial charge in [-0.25, -0.2) is 0 Å². The van der Waals surface area contributed by atoms with Crippen molar-refractivity contribution in [2.75, 3.05) is 11.5 Å². The molecule has 5 heteroatoms. The fraction of sp³-hybridized carbons (Fsp3) is 0.545. The quantitative estimate of drug-likeness (QED) is 0.578. The van der Waals surface area contributed by atoms with Gasteiger partial charge in [0.25, 0.3) is 0 Å². The van der Waals surface area contributed by atoms with Gasteiger partial charge >= 0.3 is 5.97 Å². The molecule has 0 spiro atoms. The maximum atomic E-state index is 10.7. The Morgan fingerprint density at radius 1 is 1.62 bits per heavy atom. The maximum Gasteiger partial charge on any atom is 0.313 e. The van der Waals surface area contributed by atoms with E-state index in [1.807, 2.05) is 12.2 Å². The molecule has 1 rings (SSSR count). The Morgan fingerprint density at radius 2 is 2.31 bits per heavy atom.